The van der Waals surface area contributed by atoms with E-state index >= 15 is 0 Å². The van der Waals surface area contributed by atoms with Gasteiger partial charge >= 0.3 is 0 Å². The Bertz CT molecular complexity index is 622. The molecule has 1 N–H and O–H groups in total. The quantitative estimate of drug-likeness (QED) is 0.855. The molecule has 0 saturated carbocycles. The van der Waals surface area contributed by atoms with Gasteiger partial charge in [0.1, 0.15) is 0 Å². The van der Waals surface area contributed by atoms with Crippen LogP contribution < -0.4 is 5.32 Å². The summed E-state index contributed by atoms with van der Waals surface area (Å²) in [6.45, 7) is 6.17. The summed E-state index contributed by atoms with van der Waals surface area (Å²) < 4.78 is 0. The molecular weight excluding hydrogens is 290 g/mol. The Kier molecular flexibility index (Phi) is 6.08. The van der Waals surface area contributed by atoms with Crippen molar-refractivity contribution >= 4 is 17.7 Å². The molecule has 0 bridgehead atoms. The Labute approximate surface area is 137 Å². The first-order chi connectivity index (χ1) is 10.5. The summed E-state index contributed by atoms with van der Waals surface area (Å²) in [4.78, 5) is 12.0. The molecule has 0 aliphatic heterocycles. The van der Waals surface area contributed by atoms with Crippen molar-refractivity contribution in [1.82, 2.24) is 5.32 Å². The SMILES string of the molecule is Cc1ccc([C@@H](C)NC(=O)CSCc2cccc(C)c2)cc1. The molecule has 0 heterocycles. The van der Waals surface area contributed by atoms with Crippen LogP contribution in [0, 0.1) is 13.8 Å². The number of hydrogen-bond donors (Lipinski definition) is 1. The highest BCUT2D eigenvalue weighted by molar-refractivity contribution is 7.99. The van der Waals surface area contributed by atoms with Crippen LogP contribution in [-0.4, -0.2) is 11.7 Å². The summed E-state index contributed by atoms with van der Waals surface area (Å²) in [5, 5.41) is 3.05. The van der Waals surface area contributed by atoms with E-state index in [-0.39, 0.29) is 11.9 Å². The van der Waals surface area contributed by atoms with E-state index in [4.69, 9.17) is 0 Å². The number of thioether (sulfide) groups is 1. The lowest BCUT2D eigenvalue weighted by atomic mass is 10.1. The minimum Gasteiger partial charge on any atom is -0.349 e. The summed E-state index contributed by atoms with van der Waals surface area (Å²) in [5.74, 6) is 1.45. The van der Waals surface area contributed by atoms with Crippen LogP contribution in [0.3, 0.4) is 0 Å². The number of amides is 1. The Morgan fingerprint density at radius 3 is 2.50 bits per heavy atom. The van der Waals surface area contributed by atoms with Gasteiger partial charge in [0.2, 0.25) is 5.91 Å². The van der Waals surface area contributed by atoms with E-state index in [0.717, 1.165) is 11.3 Å². The standard InChI is InChI=1S/C19H23NOS/c1-14-7-9-18(10-8-14)16(3)20-19(21)13-22-12-17-6-4-5-15(2)11-17/h4-11,16H,12-13H2,1-3H3,(H,20,21)/t16-/m1/s1. The van der Waals surface area contributed by atoms with Gasteiger partial charge in [0.05, 0.1) is 11.8 Å². The molecule has 2 rings (SSSR count). The average Bonchev–Trinajstić information content (AvgIpc) is 2.48. The van der Waals surface area contributed by atoms with E-state index in [0.29, 0.717) is 5.75 Å². The first-order valence-electron chi connectivity index (χ1n) is 7.54. The van der Waals surface area contributed by atoms with Crippen LogP contribution in [0.1, 0.15) is 35.2 Å². The lowest BCUT2D eigenvalue weighted by molar-refractivity contribution is -0.119. The van der Waals surface area contributed by atoms with E-state index in [1.807, 2.05) is 6.92 Å². The van der Waals surface area contributed by atoms with Crippen molar-refractivity contribution in [2.75, 3.05) is 5.75 Å². The zero-order valence-electron chi connectivity index (χ0n) is 13.4. The lowest BCUT2D eigenvalue weighted by Gasteiger charge is -2.14. The first kappa shape index (κ1) is 16.6. The molecule has 2 nitrogen and oxygen atoms in total. The molecule has 116 valence electrons. The van der Waals surface area contributed by atoms with Gasteiger partial charge in [-0.2, -0.15) is 0 Å². The molecule has 0 spiro atoms. The molecule has 2 aromatic rings. The molecule has 0 aliphatic rings. The van der Waals surface area contributed by atoms with Gasteiger partial charge in [0.25, 0.3) is 0 Å². The second kappa shape index (κ2) is 8.04. The van der Waals surface area contributed by atoms with E-state index in [9.17, 15) is 4.79 Å². The molecule has 1 amide bonds. The molecule has 2 aromatic carbocycles. The fourth-order valence-corrected chi connectivity index (χ4v) is 3.07. The third-order valence-corrected chi connectivity index (χ3v) is 4.54. The van der Waals surface area contributed by atoms with E-state index in [1.165, 1.54) is 16.7 Å². The van der Waals surface area contributed by atoms with E-state index < -0.39 is 0 Å². The number of aryl methyl sites for hydroxylation is 2. The molecule has 0 aromatic heterocycles. The topological polar surface area (TPSA) is 29.1 Å². The summed E-state index contributed by atoms with van der Waals surface area (Å²) in [6, 6.07) is 16.8. The van der Waals surface area contributed by atoms with Crippen LogP contribution >= 0.6 is 11.8 Å². The molecule has 0 radical (unpaired) electrons. The maximum absolute atomic E-state index is 12.0. The van der Waals surface area contributed by atoms with Gasteiger partial charge in [-0.15, -0.1) is 11.8 Å². The highest BCUT2D eigenvalue weighted by atomic mass is 32.2. The largest absolute Gasteiger partial charge is 0.349 e. The van der Waals surface area contributed by atoms with Crippen LogP contribution in [0.15, 0.2) is 48.5 Å². The number of carbonyl (C=O) groups is 1. The maximum atomic E-state index is 12.0. The van der Waals surface area contributed by atoms with Crippen molar-refractivity contribution in [1.29, 1.82) is 0 Å². The van der Waals surface area contributed by atoms with E-state index in [1.54, 1.807) is 11.8 Å². The maximum Gasteiger partial charge on any atom is 0.230 e. The van der Waals surface area contributed by atoms with Gasteiger partial charge in [-0.05, 0) is 31.9 Å². The Morgan fingerprint density at radius 1 is 1.09 bits per heavy atom. The molecule has 0 aliphatic carbocycles. The van der Waals surface area contributed by atoms with Crippen molar-refractivity contribution in [3.05, 3.63) is 70.8 Å². The predicted molar refractivity (Wildman–Crippen MR) is 95.1 cm³/mol. The predicted octanol–water partition coefficient (Wildman–Crippen LogP) is 4.41. The highest BCUT2D eigenvalue weighted by Gasteiger charge is 2.09. The van der Waals surface area contributed by atoms with Crippen LogP contribution in [0.5, 0.6) is 0 Å². The van der Waals surface area contributed by atoms with E-state index in [2.05, 4.69) is 67.7 Å². The highest BCUT2D eigenvalue weighted by Crippen LogP contribution is 2.15. The zero-order chi connectivity index (χ0) is 15.9. The minimum atomic E-state index is 0.0488. The molecule has 22 heavy (non-hydrogen) atoms. The lowest BCUT2D eigenvalue weighted by Crippen LogP contribution is -2.28. The second-order valence-corrected chi connectivity index (χ2v) is 6.67. The summed E-state index contributed by atoms with van der Waals surface area (Å²) >= 11 is 1.65. The monoisotopic (exact) mass is 313 g/mol. The second-order valence-electron chi connectivity index (χ2n) is 5.68. The number of hydrogen-bond acceptors (Lipinski definition) is 2. The average molecular weight is 313 g/mol. The molecule has 1 atom stereocenters. The smallest absolute Gasteiger partial charge is 0.230 e. The number of rotatable bonds is 6. The fourth-order valence-electron chi connectivity index (χ4n) is 2.29. The van der Waals surface area contributed by atoms with Gasteiger partial charge in [0.15, 0.2) is 0 Å². The summed E-state index contributed by atoms with van der Waals surface area (Å²) in [6.07, 6.45) is 0. The third-order valence-electron chi connectivity index (χ3n) is 3.54. The van der Waals surface area contributed by atoms with Crippen LogP contribution in [0.2, 0.25) is 0 Å². The third kappa shape index (κ3) is 5.23. The Balaban J connectivity index is 1.76. The van der Waals surface area contributed by atoms with Crippen molar-refractivity contribution in [2.24, 2.45) is 0 Å². The van der Waals surface area contributed by atoms with Crippen LogP contribution in [-0.2, 0) is 10.5 Å². The van der Waals surface area contributed by atoms with Crippen molar-refractivity contribution in [2.45, 2.75) is 32.6 Å². The first-order valence-corrected chi connectivity index (χ1v) is 8.69. The number of carbonyl (C=O) groups excluding carboxylic acids is 1. The fraction of sp³-hybridized carbons (Fsp3) is 0.316. The minimum absolute atomic E-state index is 0.0488. The Morgan fingerprint density at radius 2 is 1.82 bits per heavy atom. The molecular formula is C19H23NOS. The molecule has 0 unspecified atom stereocenters. The summed E-state index contributed by atoms with van der Waals surface area (Å²) in [7, 11) is 0. The van der Waals surface area contributed by atoms with Crippen LogP contribution in [0.25, 0.3) is 0 Å². The van der Waals surface area contributed by atoms with Gasteiger partial charge in [0, 0.05) is 5.75 Å². The van der Waals surface area contributed by atoms with Gasteiger partial charge in [-0.3, -0.25) is 4.79 Å². The normalized spacial score (nSPS) is 12.0. The number of nitrogens with one attached hydrogen (secondary N) is 1. The molecule has 0 saturated heterocycles. The van der Waals surface area contributed by atoms with Crippen molar-refractivity contribution in [3.63, 3.8) is 0 Å². The van der Waals surface area contributed by atoms with Crippen LogP contribution in [0.4, 0.5) is 0 Å². The molecule has 0 fully saturated rings. The molecule has 3 heteroatoms. The van der Waals surface area contributed by atoms with Gasteiger partial charge < -0.3 is 5.32 Å². The van der Waals surface area contributed by atoms with Gasteiger partial charge in [-0.25, -0.2) is 0 Å². The number of benzene rings is 2. The van der Waals surface area contributed by atoms with Crippen molar-refractivity contribution < 1.29 is 4.79 Å². The summed E-state index contributed by atoms with van der Waals surface area (Å²) in [5.41, 5.74) is 4.90. The van der Waals surface area contributed by atoms with Crippen molar-refractivity contribution in [3.8, 4) is 0 Å². The zero-order valence-corrected chi connectivity index (χ0v) is 14.2. The van der Waals surface area contributed by atoms with Gasteiger partial charge in [-0.1, -0.05) is 59.7 Å². The Hall–Kier alpha value is -1.74.